The Bertz CT molecular complexity index is 250. The molecule has 0 unspecified atom stereocenters. The Hall–Kier alpha value is 1.30. The van der Waals surface area contributed by atoms with Gasteiger partial charge >= 0.3 is 57.7 Å². The predicted molar refractivity (Wildman–Crippen MR) is 49.1 cm³/mol. The molecule has 9 heteroatoms. The van der Waals surface area contributed by atoms with Crippen LogP contribution in [0.4, 0.5) is 13.2 Å². The number of hydrogen-bond acceptors (Lipinski definition) is 4. The van der Waals surface area contributed by atoms with Crippen LogP contribution in [0, 0.1) is 5.41 Å². The summed E-state index contributed by atoms with van der Waals surface area (Å²) in [5.74, 6) is 0. The van der Waals surface area contributed by atoms with Crippen LogP contribution in [0.25, 0.3) is 0 Å². The molecule has 0 fully saturated rings. The first-order valence-electron chi connectivity index (χ1n) is 3.93. The van der Waals surface area contributed by atoms with Gasteiger partial charge in [-0.15, -0.1) is 0 Å². The van der Waals surface area contributed by atoms with Gasteiger partial charge < -0.3 is 4.55 Å². The summed E-state index contributed by atoms with van der Waals surface area (Å²) in [4.78, 5) is 0. The predicted octanol–water partition coefficient (Wildman–Crippen LogP) is -1.69. The Morgan fingerprint density at radius 3 is 1.50 bits per heavy atom. The number of rotatable bonds is 1. The molecule has 0 saturated carbocycles. The minimum absolute atomic E-state index is 0. The van der Waals surface area contributed by atoms with Crippen molar-refractivity contribution in [2.75, 3.05) is 12.8 Å². The fraction of sp³-hybridized carbons (Fsp3) is 1.00. The molecule has 0 spiro atoms. The quantitative estimate of drug-likeness (QED) is 0.355. The van der Waals surface area contributed by atoms with Crippen molar-refractivity contribution >= 4 is 10.1 Å². The van der Waals surface area contributed by atoms with Gasteiger partial charge in [0, 0.05) is 12.8 Å². The number of nitrogens with one attached hydrogen (secondary N) is 1. The molecule has 16 heavy (non-hydrogen) atoms. The van der Waals surface area contributed by atoms with Crippen LogP contribution in [0.5, 0.6) is 0 Å². The largest absolute Gasteiger partial charge is 1.00 e. The van der Waals surface area contributed by atoms with Crippen LogP contribution in [0.1, 0.15) is 20.8 Å². The monoisotopic (exact) mass is 289 g/mol. The molecule has 0 aliphatic carbocycles. The van der Waals surface area contributed by atoms with Gasteiger partial charge in [-0.05, 0) is 5.41 Å². The fourth-order valence-electron chi connectivity index (χ4n) is 0.365. The van der Waals surface area contributed by atoms with Crippen LogP contribution >= 0.6 is 0 Å². The average molecular weight is 289 g/mol. The van der Waals surface area contributed by atoms with Gasteiger partial charge in [-0.2, -0.15) is 13.2 Å². The first-order valence-corrected chi connectivity index (χ1v) is 5.75. The maximum atomic E-state index is 11.5. The standard InChI is InChI=1S/C6H12F3N.CH4O3S.K/c1-5(2,3)4-10-6(7,8)9;1-5(2,3)4;/h10H,4H2,1-3H3;1H3,(H,2,3,4);/q;;+1/p-1. The van der Waals surface area contributed by atoms with Crippen LogP contribution in [0.15, 0.2) is 0 Å². The maximum absolute atomic E-state index is 11.5. The van der Waals surface area contributed by atoms with Gasteiger partial charge in [0.25, 0.3) is 0 Å². The van der Waals surface area contributed by atoms with Crippen molar-refractivity contribution in [2.24, 2.45) is 5.41 Å². The number of hydrogen-bond donors (Lipinski definition) is 1. The molecule has 0 aliphatic rings. The van der Waals surface area contributed by atoms with E-state index in [0.29, 0.717) is 6.26 Å². The molecular formula is C7H15F3KNO3S. The minimum Gasteiger partial charge on any atom is -0.748 e. The molecule has 0 aromatic carbocycles. The second-order valence-electron chi connectivity index (χ2n) is 4.12. The third-order valence-electron chi connectivity index (χ3n) is 0.819. The summed E-state index contributed by atoms with van der Waals surface area (Å²) < 4.78 is 61.7. The Morgan fingerprint density at radius 1 is 1.19 bits per heavy atom. The fourth-order valence-corrected chi connectivity index (χ4v) is 0.365. The first-order chi connectivity index (χ1) is 6.21. The summed E-state index contributed by atoms with van der Waals surface area (Å²) in [6.07, 6.45) is -3.64. The molecule has 94 valence electrons. The Balaban J connectivity index is -0.000000242. The van der Waals surface area contributed by atoms with E-state index >= 15 is 0 Å². The normalized spacial score (nSPS) is 12.2. The molecule has 0 aromatic heterocycles. The van der Waals surface area contributed by atoms with Gasteiger partial charge in [-0.1, -0.05) is 20.8 Å². The second-order valence-corrected chi connectivity index (χ2v) is 5.52. The molecule has 0 aliphatic heterocycles. The van der Waals surface area contributed by atoms with E-state index in [4.69, 9.17) is 13.0 Å². The van der Waals surface area contributed by atoms with Gasteiger partial charge in [-0.3, -0.25) is 0 Å². The maximum Gasteiger partial charge on any atom is 1.00 e. The third kappa shape index (κ3) is 45.4. The van der Waals surface area contributed by atoms with Crippen molar-refractivity contribution in [1.82, 2.24) is 5.32 Å². The second kappa shape index (κ2) is 8.41. The molecule has 0 heterocycles. The molecule has 1 N–H and O–H groups in total. The van der Waals surface area contributed by atoms with Crippen molar-refractivity contribution < 1.29 is 77.5 Å². The van der Waals surface area contributed by atoms with Gasteiger partial charge in [0.2, 0.25) is 0 Å². The summed E-state index contributed by atoms with van der Waals surface area (Å²) in [7, 11) is -3.92. The zero-order valence-corrected chi connectivity index (χ0v) is 13.9. The summed E-state index contributed by atoms with van der Waals surface area (Å²) in [6.45, 7) is 5.18. The smallest absolute Gasteiger partial charge is 0.748 e. The van der Waals surface area contributed by atoms with Gasteiger partial charge in [-0.25, -0.2) is 13.7 Å². The first kappa shape index (κ1) is 22.5. The molecular weight excluding hydrogens is 274 g/mol. The van der Waals surface area contributed by atoms with Crippen molar-refractivity contribution in [2.45, 2.75) is 27.1 Å². The molecule has 0 radical (unpaired) electrons. The van der Waals surface area contributed by atoms with Crippen molar-refractivity contribution in [1.29, 1.82) is 0 Å². The molecule has 0 aromatic rings. The summed E-state index contributed by atoms with van der Waals surface area (Å²) in [5, 5.41) is 1.46. The summed E-state index contributed by atoms with van der Waals surface area (Å²) in [5.41, 5.74) is -0.324. The topological polar surface area (TPSA) is 69.2 Å². The van der Waals surface area contributed by atoms with E-state index in [9.17, 15) is 13.2 Å². The van der Waals surface area contributed by atoms with Crippen LogP contribution in [-0.2, 0) is 10.1 Å². The van der Waals surface area contributed by atoms with Gasteiger partial charge in [0.05, 0.1) is 10.1 Å². The van der Waals surface area contributed by atoms with Crippen molar-refractivity contribution in [3.05, 3.63) is 0 Å². The summed E-state index contributed by atoms with van der Waals surface area (Å²) >= 11 is 0. The molecule has 0 rings (SSSR count). The van der Waals surface area contributed by atoms with Crippen LogP contribution in [0.3, 0.4) is 0 Å². The van der Waals surface area contributed by atoms with E-state index in [0.717, 1.165) is 0 Å². The third-order valence-corrected chi connectivity index (χ3v) is 0.819. The van der Waals surface area contributed by atoms with E-state index in [1.54, 1.807) is 20.8 Å². The van der Waals surface area contributed by atoms with E-state index < -0.39 is 16.4 Å². The zero-order chi connectivity index (χ0) is 12.9. The van der Waals surface area contributed by atoms with Crippen molar-refractivity contribution in [3.63, 3.8) is 0 Å². The zero-order valence-electron chi connectivity index (χ0n) is 9.97. The van der Waals surface area contributed by atoms with E-state index in [1.165, 1.54) is 5.32 Å². The summed E-state index contributed by atoms with van der Waals surface area (Å²) in [6, 6.07) is 0. The Labute approximate surface area is 137 Å². The molecule has 0 atom stereocenters. The number of halogens is 3. The molecule has 0 bridgehead atoms. The Kier molecular flexibility index (Phi) is 11.8. The molecule has 4 nitrogen and oxygen atoms in total. The number of alkyl halides is 3. The van der Waals surface area contributed by atoms with Crippen molar-refractivity contribution in [3.8, 4) is 0 Å². The minimum atomic E-state index is -4.24. The van der Waals surface area contributed by atoms with E-state index in [-0.39, 0.29) is 63.3 Å². The van der Waals surface area contributed by atoms with E-state index in [1.807, 2.05) is 0 Å². The Morgan fingerprint density at radius 2 is 1.44 bits per heavy atom. The van der Waals surface area contributed by atoms with E-state index in [2.05, 4.69) is 0 Å². The average Bonchev–Trinajstić information content (AvgIpc) is 1.76. The van der Waals surface area contributed by atoms with Crippen LogP contribution in [0.2, 0.25) is 0 Å². The molecule has 0 saturated heterocycles. The molecule has 0 amide bonds. The van der Waals surface area contributed by atoms with Gasteiger partial charge in [0.1, 0.15) is 0 Å². The SMILES string of the molecule is CC(C)(C)CNC(F)(F)F.CS(=O)(=O)[O-].[K+]. The van der Waals surface area contributed by atoms with Crippen LogP contribution < -0.4 is 56.7 Å². The van der Waals surface area contributed by atoms with Crippen LogP contribution in [-0.4, -0.2) is 32.1 Å². The van der Waals surface area contributed by atoms with Gasteiger partial charge in [0.15, 0.2) is 0 Å².